The first-order chi connectivity index (χ1) is 22.8. The van der Waals surface area contributed by atoms with E-state index in [1.807, 2.05) is 0 Å². The van der Waals surface area contributed by atoms with Crippen LogP contribution < -0.4 is 10.0 Å². The second-order valence-corrected chi connectivity index (χ2v) is 13.1. The number of aromatic hydroxyl groups is 1. The number of unbranched alkanes of at least 4 members (excludes halogenated alkanes) is 1. The molecule has 4 rings (SSSR count). The van der Waals surface area contributed by atoms with E-state index in [1.54, 1.807) is 48.5 Å². The third kappa shape index (κ3) is 8.98. The number of carbonyl (C=O) groups is 4. The zero-order valence-corrected chi connectivity index (χ0v) is 27.3. The van der Waals surface area contributed by atoms with Crippen LogP contribution in [0, 0.1) is 0 Å². The number of Topliss-reactive ketones (excluding diaryl/α,β-unsaturated/α-hetero) is 1. The number of amides is 1. The first-order valence-corrected chi connectivity index (χ1v) is 16.6. The number of hydrogen-bond acceptors (Lipinski definition) is 9. The maximum Gasteiger partial charge on any atom is 0.339 e. The average molecular weight is 719 g/mol. The highest BCUT2D eigenvalue weighted by molar-refractivity contribution is 7.89. The molecule has 2 atom stereocenters. The Labute approximate surface area is 284 Å². The number of ketones is 1. The zero-order valence-electron chi connectivity index (χ0n) is 24.9. The van der Waals surface area contributed by atoms with Crippen molar-refractivity contribution in [1.29, 1.82) is 0 Å². The van der Waals surface area contributed by atoms with Crippen LogP contribution in [0.2, 0.25) is 10.0 Å². The lowest BCUT2D eigenvalue weighted by atomic mass is 9.92. The molecule has 0 radical (unpaired) electrons. The quantitative estimate of drug-likeness (QED) is 0.0757. The SMILES string of the molecule is O=C(O)C[C@H](NC(=O)C(CCCCNS(=O)(=O)c1ccc(O)c(C(=O)O)c1)c1ccccc1)C(=O)c1ncc(-c2c(Cl)cccc2Cl)o1. The number of nitrogens with zero attached hydrogens (tertiary/aromatic N) is 1. The molecule has 1 aromatic heterocycles. The predicted octanol–water partition coefficient (Wildman–Crippen LogP) is 5.13. The van der Waals surface area contributed by atoms with Crippen molar-refractivity contribution in [2.45, 2.75) is 42.5 Å². The van der Waals surface area contributed by atoms with Crippen LogP contribution in [-0.4, -0.2) is 64.9 Å². The van der Waals surface area contributed by atoms with Crippen molar-refractivity contribution >= 4 is 56.9 Å². The summed E-state index contributed by atoms with van der Waals surface area (Å²) in [6.07, 6.45) is 1.24. The molecule has 5 N–H and O–H groups in total. The molecule has 0 spiro atoms. The van der Waals surface area contributed by atoms with Crippen molar-refractivity contribution in [2.24, 2.45) is 0 Å². The Morgan fingerprint density at radius 1 is 0.917 bits per heavy atom. The van der Waals surface area contributed by atoms with Crippen LogP contribution in [-0.2, 0) is 19.6 Å². The number of halogens is 2. The molecule has 4 aromatic rings. The number of hydrogen-bond donors (Lipinski definition) is 5. The fraction of sp³-hybridized carbons (Fsp3) is 0.219. The highest BCUT2D eigenvalue weighted by atomic mass is 35.5. The van der Waals surface area contributed by atoms with Crippen molar-refractivity contribution in [3.05, 3.63) is 100.0 Å². The Morgan fingerprint density at radius 3 is 2.25 bits per heavy atom. The molecule has 0 bridgehead atoms. The number of aliphatic carboxylic acids is 1. The number of carbonyl (C=O) groups excluding carboxylic acids is 2. The molecular weight excluding hydrogens is 689 g/mol. The molecule has 0 aliphatic heterocycles. The van der Waals surface area contributed by atoms with Gasteiger partial charge >= 0.3 is 11.9 Å². The molecule has 48 heavy (non-hydrogen) atoms. The molecule has 1 heterocycles. The van der Waals surface area contributed by atoms with Gasteiger partial charge in [-0.2, -0.15) is 0 Å². The molecular formula is C32H29Cl2N3O10S. The van der Waals surface area contributed by atoms with E-state index in [-0.39, 0.29) is 45.7 Å². The van der Waals surface area contributed by atoms with Crippen molar-refractivity contribution in [3.8, 4) is 17.1 Å². The summed E-state index contributed by atoms with van der Waals surface area (Å²) in [5.41, 5.74) is 0.294. The molecule has 1 unspecified atom stereocenters. The fourth-order valence-electron chi connectivity index (χ4n) is 4.79. The van der Waals surface area contributed by atoms with E-state index in [0.717, 1.165) is 18.2 Å². The zero-order chi connectivity index (χ0) is 35.0. The molecule has 16 heteroatoms. The normalized spacial score (nSPS) is 12.6. The van der Waals surface area contributed by atoms with E-state index in [0.29, 0.717) is 12.0 Å². The molecule has 0 saturated carbocycles. The third-order valence-corrected chi connectivity index (χ3v) is 9.26. The Kier molecular flexibility index (Phi) is 11.9. The molecule has 0 aliphatic carbocycles. The molecule has 252 valence electrons. The van der Waals surface area contributed by atoms with Gasteiger partial charge in [0, 0.05) is 6.54 Å². The van der Waals surface area contributed by atoms with Gasteiger partial charge in [0.15, 0.2) is 5.76 Å². The highest BCUT2D eigenvalue weighted by Gasteiger charge is 2.32. The number of aromatic carboxylic acids is 1. The summed E-state index contributed by atoms with van der Waals surface area (Å²) in [7, 11) is -4.11. The lowest BCUT2D eigenvalue weighted by Crippen LogP contribution is -2.44. The molecule has 13 nitrogen and oxygen atoms in total. The Hall–Kier alpha value is -4.76. The van der Waals surface area contributed by atoms with Gasteiger partial charge in [0.2, 0.25) is 21.7 Å². The van der Waals surface area contributed by atoms with E-state index in [9.17, 15) is 37.8 Å². The van der Waals surface area contributed by atoms with Gasteiger partial charge in [-0.25, -0.2) is 22.9 Å². The maximum atomic E-state index is 13.6. The van der Waals surface area contributed by atoms with Crippen molar-refractivity contribution in [2.75, 3.05) is 6.54 Å². The summed E-state index contributed by atoms with van der Waals surface area (Å²) in [6, 6.07) is 14.6. The molecule has 3 aromatic carbocycles. The van der Waals surface area contributed by atoms with Crippen LogP contribution in [0.5, 0.6) is 5.75 Å². The summed E-state index contributed by atoms with van der Waals surface area (Å²) < 4.78 is 33.3. The minimum atomic E-state index is -4.11. The molecule has 0 saturated heterocycles. The van der Waals surface area contributed by atoms with Gasteiger partial charge in [0.1, 0.15) is 17.4 Å². The number of carboxylic acids is 2. The summed E-state index contributed by atoms with van der Waals surface area (Å²) in [6.45, 7) is -0.0587. The van der Waals surface area contributed by atoms with E-state index in [1.165, 1.54) is 6.20 Å². The first kappa shape index (κ1) is 36.1. The minimum Gasteiger partial charge on any atom is -0.507 e. The topological polar surface area (TPSA) is 213 Å². The van der Waals surface area contributed by atoms with Crippen LogP contribution in [0.15, 0.2) is 82.2 Å². The van der Waals surface area contributed by atoms with Crippen LogP contribution >= 0.6 is 23.2 Å². The molecule has 1 amide bonds. The highest BCUT2D eigenvalue weighted by Crippen LogP contribution is 2.35. The standard InChI is InChI=1S/C32H29Cl2N3O10S/c33-22-10-6-11-23(34)28(22)26-17-35-31(47-26)29(41)24(16-27(39)40)37-30(42)20(18-7-2-1-3-8-18)9-4-5-14-36-48(45,46)19-12-13-25(38)21(15-19)32(43)44/h1-3,6-8,10-13,15,17,20,24,36,38H,4-5,9,14,16H2,(H,37,42)(H,39,40)(H,43,44)/t20?,24-/m0/s1. The van der Waals surface area contributed by atoms with Crippen LogP contribution in [0.1, 0.15) is 58.2 Å². The largest absolute Gasteiger partial charge is 0.507 e. The second-order valence-electron chi connectivity index (χ2n) is 10.5. The lowest BCUT2D eigenvalue weighted by Gasteiger charge is -2.21. The Bertz CT molecular complexity index is 1910. The number of aromatic nitrogens is 1. The Morgan fingerprint density at radius 2 is 1.60 bits per heavy atom. The van der Waals surface area contributed by atoms with Crippen LogP contribution in [0.3, 0.4) is 0 Å². The summed E-state index contributed by atoms with van der Waals surface area (Å²) >= 11 is 12.5. The number of benzene rings is 3. The van der Waals surface area contributed by atoms with E-state index in [2.05, 4.69) is 15.0 Å². The maximum absolute atomic E-state index is 13.6. The smallest absolute Gasteiger partial charge is 0.339 e. The van der Waals surface area contributed by atoms with E-state index < -0.39 is 69.2 Å². The second kappa shape index (κ2) is 15.9. The van der Waals surface area contributed by atoms with Gasteiger partial charge in [-0.1, -0.05) is 66.0 Å². The summed E-state index contributed by atoms with van der Waals surface area (Å²) in [5, 5.41) is 31.3. The van der Waals surface area contributed by atoms with E-state index >= 15 is 0 Å². The third-order valence-electron chi connectivity index (χ3n) is 7.18. The van der Waals surface area contributed by atoms with Gasteiger partial charge in [0.25, 0.3) is 5.89 Å². The van der Waals surface area contributed by atoms with Crippen LogP contribution in [0.4, 0.5) is 0 Å². The number of phenols is 1. The number of nitrogens with one attached hydrogen (secondary N) is 2. The lowest BCUT2D eigenvalue weighted by molar-refractivity contribution is -0.137. The number of carboxylic acid groups (broad SMARTS) is 2. The number of sulfonamides is 1. The summed E-state index contributed by atoms with van der Waals surface area (Å²) in [5.74, 6) is -6.19. The predicted molar refractivity (Wildman–Crippen MR) is 174 cm³/mol. The minimum absolute atomic E-state index is 0.0587. The van der Waals surface area contributed by atoms with Crippen molar-refractivity contribution < 1.29 is 47.3 Å². The van der Waals surface area contributed by atoms with Gasteiger partial charge in [-0.05, 0) is 48.7 Å². The van der Waals surface area contributed by atoms with Gasteiger partial charge in [-0.3, -0.25) is 14.4 Å². The van der Waals surface area contributed by atoms with Gasteiger partial charge in [-0.15, -0.1) is 0 Å². The number of oxazole rings is 1. The Balaban J connectivity index is 1.45. The van der Waals surface area contributed by atoms with Crippen molar-refractivity contribution in [1.82, 2.24) is 15.0 Å². The summed E-state index contributed by atoms with van der Waals surface area (Å²) in [4.78, 5) is 53.5. The van der Waals surface area contributed by atoms with Crippen LogP contribution in [0.25, 0.3) is 11.3 Å². The van der Waals surface area contributed by atoms with Gasteiger partial charge < -0.3 is 25.1 Å². The first-order valence-electron chi connectivity index (χ1n) is 14.4. The van der Waals surface area contributed by atoms with Gasteiger partial charge in [0.05, 0.1) is 39.0 Å². The van der Waals surface area contributed by atoms with Crippen molar-refractivity contribution in [3.63, 3.8) is 0 Å². The monoisotopic (exact) mass is 717 g/mol. The fourth-order valence-corrected chi connectivity index (χ4v) is 6.48. The van der Waals surface area contributed by atoms with E-state index in [4.69, 9.17) is 32.7 Å². The number of rotatable bonds is 16. The molecule has 0 fully saturated rings. The average Bonchev–Trinajstić information content (AvgIpc) is 3.52. The molecule has 0 aliphatic rings.